The minimum Gasteiger partial charge on any atom is -0.466 e. The fraction of sp³-hybridized carbons (Fsp3) is 0.333. The number of nitrogens with zero attached hydrogens (tertiary/aromatic N) is 1. The molecule has 0 aromatic carbocycles. The summed E-state index contributed by atoms with van der Waals surface area (Å²) in [5.74, 6) is -0.737. The SMILES string of the molecule is COC(=O)C(Cl)(Cl)c1cc(C)ccn1. The topological polar surface area (TPSA) is 39.2 Å². The van der Waals surface area contributed by atoms with E-state index in [4.69, 9.17) is 23.2 Å². The van der Waals surface area contributed by atoms with Gasteiger partial charge in [-0.05, 0) is 24.6 Å². The van der Waals surface area contributed by atoms with E-state index in [0.29, 0.717) is 0 Å². The summed E-state index contributed by atoms with van der Waals surface area (Å²) >= 11 is 11.6. The van der Waals surface area contributed by atoms with E-state index in [1.807, 2.05) is 6.92 Å². The lowest BCUT2D eigenvalue weighted by atomic mass is 10.2. The van der Waals surface area contributed by atoms with E-state index in [1.54, 1.807) is 12.1 Å². The van der Waals surface area contributed by atoms with Gasteiger partial charge in [0.25, 0.3) is 4.33 Å². The Labute approximate surface area is 92.0 Å². The average Bonchev–Trinajstić information content (AvgIpc) is 2.16. The van der Waals surface area contributed by atoms with Gasteiger partial charge in [-0.3, -0.25) is 4.98 Å². The van der Waals surface area contributed by atoms with E-state index >= 15 is 0 Å². The predicted octanol–water partition coefficient (Wildman–Crippen LogP) is 2.19. The standard InChI is InChI=1S/C9H9Cl2NO2/c1-6-3-4-12-7(5-6)9(10,11)8(13)14-2/h3-5H,1-2H3. The van der Waals surface area contributed by atoms with Crippen LogP contribution in [0.2, 0.25) is 0 Å². The number of aromatic nitrogens is 1. The first-order chi connectivity index (χ1) is 6.48. The molecule has 1 aromatic rings. The number of aryl methyl sites for hydroxylation is 1. The summed E-state index contributed by atoms with van der Waals surface area (Å²) in [6.07, 6.45) is 1.53. The number of rotatable bonds is 2. The van der Waals surface area contributed by atoms with Gasteiger partial charge < -0.3 is 4.74 Å². The number of hydrogen-bond donors (Lipinski definition) is 0. The van der Waals surface area contributed by atoms with Crippen LogP contribution in [0.25, 0.3) is 0 Å². The van der Waals surface area contributed by atoms with Crippen molar-refractivity contribution in [2.75, 3.05) is 7.11 Å². The van der Waals surface area contributed by atoms with Crippen LogP contribution in [-0.2, 0) is 13.9 Å². The second-order valence-corrected chi connectivity index (χ2v) is 4.11. The Morgan fingerprint density at radius 3 is 2.71 bits per heavy atom. The van der Waals surface area contributed by atoms with Crippen LogP contribution in [0.4, 0.5) is 0 Å². The van der Waals surface area contributed by atoms with Crippen LogP contribution < -0.4 is 0 Å². The number of carbonyl (C=O) groups excluding carboxylic acids is 1. The van der Waals surface area contributed by atoms with Gasteiger partial charge in [-0.2, -0.15) is 0 Å². The van der Waals surface area contributed by atoms with E-state index in [0.717, 1.165) is 5.56 Å². The van der Waals surface area contributed by atoms with Crippen molar-refractivity contribution in [2.24, 2.45) is 0 Å². The first-order valence-corrected chi connectivity index (χ1v) is 4.63. The summed E-state index contributed by atoms with van der Waals surface area (Å²) in [7, 11) is 1.22. The Morgan fingerprint density at radius 1 is 1.57 bits per heavy atom. The fourth-order valence-corrected chi connectivity index (χ4v) is 1.30. The highest BCUT2D eigenvalue weighted by atomic mass is 35.5. The average molecular weight is 234 g/mol. The molecule has 3 nitrogen and oxygen atoms in total. The Kier molecular flexibility index (Phi) is 3.34. The summed E-state index contributed by atoms with van der Waals surface area (Å²) in [6.45, 7) is 1.85. The van der Waals surface area contributed by atoms with Crippen molar-refractivity contribution in [1.82, 2.24) is 4.98 Å². The van der Waals surface area contributed by atoms with Gasteiger partial charge in [-0.1, -0.05) is 23.2 Å². The molecule has 0 aliphatic carbocycles. The third kappa shape index (κ3) is 2.16. The molecule has 0 radical (unpaired) electrons. The molecule has 0 atom stereocenters. The highest BCUT2D eigenvalue weighted by Gasteiger charge is 2.38. The van der Waals surface area contributed by atoms with Crippen molar-refractivity contribution in [3.8, 4) is 0 Å². The summed E-state index contributed by atoms with van der Waals surface area (Å²) in [4.78, 5) is 15.1. The lowest BCUT2D eigenvalue weighted by Gasteiger charge is -2.15. The lowest BCUT2D eigenvalue weighted by Crippen LogP contribution is -2.26. The van der Waals surface area contributed by atoms with Crippen molar-refractivity contribution >= 4 is 29.2 Å². The molecule has 0 aliphatic heterocycles. The van der Waals surface area contributed by atoms with E-state index in [1.165, 1.54) is 13.3 Å². The monoisotopic (exact) mass is 233 g/mol. The zero-order valence-corrected chi connectivity index (χ0v) is 9.26. The number of halogens is 2. The maximum Gasteiger partial charge on any atom is 0.348 e. The van der Waals surface area contributed by atoms with Gasteiger partial charge in [-0.25, -0.2) is 4.79 Å². The van der Waals surface area contributed by atoms with Gasteiger partial charge in [0.2, 0.25) is 0 Å². The third-order valence-corrected chi connectivity index (χ3v) is 2.37. The molecule has 5 heteroatoms. The quantitative estimate of drug-likeness (QED) is 0.581. The van der Waals surface area contributed by atoms with Gasteiger partial charge >= 0.3 is 5.97 Å². The minimum absolute atomic E-state index is 0.271. The second kappa shape index (κ2) is 4.15. The van der Waals surface area contributed by atoms with Gasteiger partial charge in [-0.15, -0.1) is 0 Å². The molecule has 0 amide bonds. The number of hydrogen-bond acceptors (Lipinski definition) is 3. The molecule has 0 bridgehead atoms. The van der Waals surface area contributed by atoms with Gasteiger partial charge in [0.1, 0.15) is 0 Å². The van der Waals surface area contributed by atoms with E-state index in [-0.39, 0.29) is 5.69 Å². The molecule has 0 saturated heterocycles. The summed E-state index contributed by atoms with van der Waals surface area (Å²) in [5, 5.41) is 0. The molecule has 0 spiro atoms. The molecular weight excluding hydrogens is 225 g/mol. The summed E-state index contributed by atoms with van der Waals surface area (Å²) in [5.41, 5.74) is 1.19. The Hall–Kier alpha value is -0.800. The number of methoxy groups -OCH3 is 1. The van der Waals surface area contributed by atoms with E-state index in [9.17, 15) is 4.79 Å². The van der Waals surface area contributed by atoms with Gasteiger partial charge in [0.05, 0.1) is 12.8 Å². The lowest BCUT2D eigenvalue weighted by molar-refractivity contribution is -0.141. The number of ether oxygens (including phenoxy) is 1. The van der Waals surface area contributed by atoms with Gasteiger partial charge in [0, 0.05) is 6.20 Å². The molecule has 1 aromatic heterocycles. The Balaban J connectivity index is 3.09. The Morgan fingerprint density at radius 2 is 2.21 bits per heavy atom. The smallest absolute Gasteiger partial charge is 0.348 e. The van der Waals surface area contributed by atoms with E-state index < -0.39 is 10.3 Å². The zero-order chi connectivity index (χ0) is 10.8. The number of alkyl halides is 2. The van der Waals surface area contributed by atoms with Crippen molar-refractivity contribution in [2.45, 2.75) is 11.3 Å². The van der Waals surface area contributed by atoms with Crippen LogP contribution in [0, 0.1) is 6.92 Å². The number of pyridine rings is 1. The van der Waals surface area contributed by atoms with Crippen LogP contribution in [0.15, 0.2) is 18.3 Å². The normalized spacial score (nSPS) is 11.1. The molecule has 0 aliphatic rings. The summed E-state index contributed by atoms with van der Waals surface area (Å²) in [6, 6.07) is 3.42. The fourth-order valence-electron chi connectivity index (χ4n) is 0.941. The summed E-state index contributed by atoms with van der Waals surface area (Å²) < 4.78 is 2.73. The molecule has 0 saturated carbocycles. The van der Waals surface area contributed by atoms with Crippen molar-refractivity contribution < 1.29 is 9.53 Å². The molecule has 0 N–H and O–H groups in total. The highest BCUT2D eigenvalue weighted by Crippen LogP contribution is 2.33. The minimum atomic E-state index is -1.74. The molecule has 14 heavy (non-hydrogen) atoms. The zero-order valence-electron chi connectivity index (χ0n) is 7.75. The molecule has 0 unspecified atom stereocenters. The van der Waals surface area contributed by atoms with E-state index in [2.05, 4.69) is 9.72 Å². The van der Waals surface area contributed by atoms with Crippen LogP contribution in [0.3, 0.4) is 0 Å². The van der Waals surface area contributed by atoms with Crippen molar-refractivity contribution in [3.05, 3.63) is 29.6 Å². The van der Waals surface area contributed by atoms with Crippen LogP contribution in [0.5, 0.6) is 0 Å². The molecule has 1 heterocycles. The van der Waals surface area contributed by atoms with Crippen LogP contribution in [-0.4, -0.2) is 18.1 Å². The Bertz CT molecular complexity index is 352. The van der Waals surface area contributed by atoms with Crippen molar-refractivity contribution in [1.29, 1.82) is 0 Å². The molecular formula is C9H9Cl2NO2. The number of carbonyl (C=O) groups is 1. The maximum atomic E-state index is 11.2. The second-order valence-electron chi connectivity index (χ2n) is 2.78. The predicted molar refractivity (Wildman–Crippen MR) is 54.4 cm³/mol. The third-order valence-electron chi connectivity index (χ3n) is 1.68. The van der Waals surface area contributed by atoms with Gasteiger partial charge in [0.15, 0.2) is 0 Å². The van der Waals surface area contributed by atoms with Crippen molar-refractivity contribution in [3.63, 3.8) is 0 Å². The van der Waals surface area contributed by atoms with Crippen LogP contribution >= 0.6 is 23.2 Å². The molecule has 76 valence electrons. The molecule has 1 rings (SSSR count). The largest absolute Gasteiger partial charge is 0.466 e. The number of esters is 1. The molecule has 0 fully saturated rings. The first kappa shape index (κ1) is 11.3. The first-order valence-electron chi connectivity index (χ1n) is 3.88. The maximum absolute atomic E-state index is 11.2. The van der Waals surface area contributed by atoms with Crippen LogP contribution in [0.1, 0.15) is 11.3 Å². The highest BCUT2D eigenvalue weighted by molar-refractivity contribution is 6.56.